The van der Waals surface area contributed by atoms with E-state index in [0.717, 1.165) is 0 Å². The van der Waals surface area contributed by atoms with Gasteiger partial charge in [0.2, 0.25) is 0 Å². The first-order valence-corrected chi connectivity index (χ1v) is 8.70. The summed E-state index contributed by atoms with van der Waals surface area (Å²) in [5.41, 5.74) is 0.476. The molecule has 8 nitrogen and oxygen atoms in total. The lowest BCUT2D eigenvalue weighted by atomic mass is 10.2. The van der Waals surface area contributed by atoms with Crippen molar-refractivity contribution in [1.82, 2.24) is 15.1 Å². The molecule has 0 saturated heterocycles. The van der Waals surface area contributed by atoms with Gasteiger partial charge < -0.3 is 19.8 Å². The summed E-state index contributed by atoms with van der Waals surface area (Å²) in [6, 6.07) is 8.62. The van der Waals surface area contributed by atoms with E-state index >= 15 is 0 Å². The Kier molecular flexibility index (Phi) is 6.22. The molecule has 0 fully saturated rings. The lowest BCUT2D eigenvalue weighted by molar-refractivity contribution is -0.0498. The number of aromatic nitrogens is 2. The second-order valence-corrected chi connectivity index (χ2v) is 5.87. The molecule has 0 aliphatic carbocycles. The smallest absolute Gasteiger partial charge is 0.387 e. The Labute approximate surface area is 164 Å². The van der Waals surface area contributed by atoms with E-state index in [1.54, 1.807) is 12.1 Å². The van der Waals surface area contributed by atoms with Crippen molar-refractivity contribution in [3.8, 4) is 5.75 Å². The maximum Gasteiger partial charge on any atom is 0.387 e. The largest absolute Gasteiger partial charge is 0.467 e. The van der Waals surface area contributed by atoms with E-state index in [4.69, 9.17) is 4.42 Å². The second kappa shape index (κ2) is 9.00. The van der Waals surface area contributed by atoms with Gasteiger partial charge in [0.25, 0.3) is 11.8 Å². The summed E-state index contributed by atoms with van der Waals surface area (Å²) in [6.07, 6.45) is 3.03. The van der Waals surface area contributed by atoms with E-state index in [1.807, 2.05) is 6.92 Å². The third-order valence-electron chi connectivity index (χ3n) is 3.89. The first kappa shape index (κ1) is 20.1. The molecule has 152 valence electrons. The SMILES string of the molecule is CCn1cc(NC(=O)c2ccc(OC(F)F)cc2)c(C(=O)NCc2ccco2)n1. The van der Waals surface area contributed by atoms with Crippen LogP contribution in [0.3, 0.4) is 0 Å². The Hall–Kier alpha value is -3.69. The van der Waals surface area contributed by atoms with Crippen molar-refractivity contribution >= 4 is 17.5 Å². The molecule has 29 heavy (non-hydrogen) atoms. The number of aryl methyl sites for hydroxylation is 1. The summed E-state index contributed by atoms with van der Waals surface area (Å²) < 4.78 is 35.4. The van der Waals surface area contributed by atoms with Gasteiger partial charge in [-0.3, -0.25) is 14.3 Å². The number of halogens is 2. The fourth-order valence-electron chi connectivity index (χ4n) is 2.49. The summed E-state index contributed by atoms with van der Waals surface area (Å²) in [5, 5.41) is 9.47. The van der Waals surface area contributed by atoms with E-state index in [9.17, 15) is 18.4 Å². The standard InChI is InChI=1S/C19H18F2N4O4/c1-2-25-11-15(16(24-25)18(27)22-10-14-4-3-9-28-14)23-17(26)12-5-7-13(8-6-12)29-19(20)21/h3-9,11,19H,2,10H2,1H3,(H,22,27)(H,23,26). The number of rotatable bonds is 8. The van der Waals surface area contributed by atoms with Crippen molar-refractivity contribution in [3.05, 3.63) is 65.9 Å². The van der Waals surface area contributed by atoms with Crippen LogP contribution in [-0.2, 0) is 13.1 Å². The van der Waals surface area contributed by atoms with Crippen LogP contribution < -0.4 is 15.4 Å². The van der Waals surface area contributed by atoms with Gasteiger partial charge >= 0.3 is 6.61 Å². The van der Waals surface area contributed by atoms with Crippen LogP contribution in [0.5, 0.6) is 5.75 Å². The number of anilines is 1. The van der Waals surface area contributed by atoms with Gasteiger partial charge in [0.1, 0.15) is 11.5 Å². The van der Waals surface area contributed by atoms with Gasteiger partial charge in [0, 0.05) is 18.3 Å². The summed E-state index contributed by atoms with van der Waals surface area (Å²) in [5.74, 6) is -0.493. The van der Waals surface area contributed by atoms with Gasteiger partial charge in [-0.05, 0) is 43.3 Å². The van der Waals surface area contributed by atoms with E-state index in [1.165, 1.54) is 41.4 Å². The summed E-state index contributed by atoms with van der Waals surface area (Å²) in [4.78, 5) is 25.0. The highest BCUT2D eigenvalue weighted by atomic mass is 19.3. The topological polar surface area (TPSA) is 98.4 Å². The molecular formula is C19H18F2N4O4. The number of nitrogens with one attached hydrogen (secondary N) is 2. The molecule has 0 aliphatic rings. The van der Waals surface area contributed by atoms with Gasteiger partial charge in [0.05, 0.1) is 18.5 Å². The predicted octanol–water partition coefficient (Wildman–Crippen LogP) is 3.28. The number of hydrogen-bond donors (Lipinski definition) is 2. The van der Waals surface area contributed by atoms with E-state index in [-0.39, 0.29) is 29.2 Å². The molecular weight excluding hydrogens is 386 g/mol. The molecule has 0 atom stereocenters. The lowest BCUT2D eigenvalue weighted by Crippen LogP contribution is -2.25. The molecule has 10 heteroatoms. The number of carbonyl (C=O) groups is 2. The maximum absolute atomic E-state index is 12.5. The Bertz CT molecular complexity index is 969. The molecule has 0 bridgehead atoms. The van der Waals surface area contributed by atoms with Gasteiger partial charge in [-0.1, -0.05) is 0 Å². The van der Waals surface area contributed by atoms with Crippen LogP contribution in [0.15, 0.2) is 53.3 Å². The average molecular weight is 404 g/mol. The van der Waals surface area contributed by atoms with Crippen molar-refractivity contribution in [3.63, 3.8) is 0 Å². The van der Waals surface area contributed by atoms with Crippen LogP contribution >= 0.6 is 0 Å². The normalized spacial score (nSPS) is 10.8. The summed E-state index contributed by atoms with van der Waals surface area (Å²) in [6.45, 7) is -0.445. The first-order valence-electron chi connectivity index (χ1n) is 8.70. The highest BCUT2D eigenvalue weighted by Crippen LogP contribution is 2.18. The number of benzene rings is 1. The number of hydrogen-bond acceptors (Lipinski definition) is 5. The Morgan fingerprint density at radius 2 is 1.97 bits per heavy atom. The minimum absolute atomic E-state index is 0.0457. The Morgan fingerprint density at radius 1 is 1.21 bits per heavy atom. The van der Waals surface area contributed by atoms with Crippen LogP contribution in [0.1, 0.15) is 33.5 Å². The molecule has 2 heterocycles. The summed E-state index contributed by atoms with van der Waals surface area (Å²) in [7, 11) is 0. The van der Waals surface area contributed by atoms with Crippen LogP contribution in [0, 0.1) is 0 Å². The van der Waals surface area contributed by atoms with Crippen LogP contribution in [0.2, 0.25) is 0 Å². The molecule has 0 aliphatic heterocycles. The van der Waals surface area contributed by atoms with Crippen LogP contribution in [0.25, 0.3) is 0 Å². The van der Waals surface area contributed by atoms with Crippen molar-refractivity contribution in [2.24, 2.45) is 0 Å². The fraction of sp³-hybridized carbons (Fsp3) is 0.211. The number of amides is 2. The summed E-state index contributed by atoms with van der Waals surface area (Å²) >= 11 is 0. The third kappa shape index (κ3) is 5.18. The molecule has 2 N–H and O–H groups in total. The zero-order valence-corrected chi connectivity index (χ0v) is 15.4. The van der Waals surface area contributed by atoms with Crippen molar-refractivity contribution in [2.45, 2.75) is 26.6 Å². The average Bonchev–Trinajstić information content (AvgIpc) is 3.36. The number of alkyl halides is 2. The quantitative estimate of drug-likeness (QED) is 0.600. The molecule has 2 amide bonds. The molecule has 0 saturated carbocycles. The molecule has 0 radical (unpaired) electrons. The zero-order valence-electron chi connectivity index (χ0n) is 15.4. The molecule has 0 spiro atoms. The number of ether oxygens (including phenoxy) is 1. The van der Waals surface area contributed by atoms with Crippen molar-refractivity contribution in [1.29, 1.82) is 0 Å². The number of nitrogens with zero attached hydrogens (tertiary/aromatic N) is 2. The third-order valence-corrected chi connectivity index (χ3v) is 3.89. The molecule has 1 aromatic carbocycles. The lowest BCUT2D eigenvalue weighted by Gasteiger charge is -2.07. The maximum atomic E-state index is 12.5. The van der Waals surface area contributed by atoms with Gasteiger partial charge in [0.15, 0.2) is 5.69 Å². The fourth-order valence-corrected chi connectivity index (χ4v) is 2.49. The highest BCUT2D eigenvalue weighted by molar-refractivity contribution is 6.08. The van der Waals surface area contributed by atoms with E-state index < -0.39 is 18.4 Å². The van der Waals surface area contributed by atoms with E-state index in [0.29, 0.717) is 12.3 Å². The minimum Gasteiger partial charge on any atom is -0.467 e. The monoisotopic (exact) mass is 404 g/mol. The van der Waals surface area contributed by atoms with E-state index in [2.05, 4.69) is 20.5 Å². The number of carbonyl (C=O) groups excluding carboxylic acids is 2. The molecule has 0 unspecified atom stereocenters. The molecule has 2 aromatic heterocycles. The van der Waals surface area contributed by atoms with Crippen LogP contribution in [0.4, 0.5) is 14.5 Å². The van der Waals surface area contributed by atoms with Gasteiger partial charge in [-0.15, -0.1) is 0 Å². The second-order valence-electron chi connectivity index (χ2n) is 5.87. The highest BCUT2D eigenvalue weighted by Gasteiger charge is 2.19. The molecule has 3 rings (SSSR count). The zero-order chi connectivity index (χ0) is 20.8. The minimum atomic E-state index is -2.95. The predicted molar refractivity (Wildman–Crippen MR) is 98.8 cm³/mol. The van der Waals surface area contributed by atoms with Crippen molar-refractivity contribution < 1.29 is 27.5 Å². The van der Waals surface area contributed by atoms with Gasteiger partial charge in [-0.25, -0.2) is 0 Å². The first-order chi connectivity index (χ1) is 14.0. The number of furan rings is 1. The van der Waals surface area contributed by atoms with Crippen molar-refractivity contribution in [2.75, 3.05) is 5.32 Å². The van der Waals surface area contributed by atoms with Crippen LogP contribution in [-0.4, -0.2) is 28.2 Å². The Balaban J connectivity index is 1.71. The Morgan fingerprint density at radius 3 is 2.59 bits per heavy atom. The van der Waals surface area contributed by atoms with Gasteiger partial charge in [-0.2, -0.15) is 13.9 Å². The molecule has 3 aromatic rings.